The zero-order valence-corrected chi connectivity index (χ0v) is 13.6. The molecule has 1 saturated heterocycles. The summed E-state index contributed by atoms with van der Waals surface area (Å²) in [7, 11) is 0. The number of carbonyl (C=O) groups is 2. The molecule has 2 unspecified atom stereocenters. The van der Waals surface area contributed by atoms with Crippen LogP contribution in [0.5, 0.6) is 0 Å². The third-order valence-electron chi connectivity index (χ3n) is 3.96. The van der Waals surface area contributed by atoms with Crippen molar-refractivity contribution in [2.75, 3.05) is 4.90 Å². The van der Waals surface area contributed by atoms with E-state index in [1.165, 1.54) is 4.90 Å². The Hall–Kier alpha value is -0.430. The maximum atomic E-state index is 12.3. The summed E-state index contributed by atoms with van der Waals surface area (Å²) in [5, 5.41) is 0. The summed E-state index contributed by atoms with van der Waals surface area (Å²) in [5.74, 6) is -0.334. The first-order valence-electron chi connectivity index (χ1n) is 5.68. The normalized spacial score (nSPS) is 28.6. The number of piperidine rings is 1. The Bertz CT molecular complexity index is 560. The highest BCUT2D eigenvalue weighted by Gasteiger charge is 2.72. The molecule has 3 rings (SSSR count). The van der Waals surface area contributed by atoms with Crippen molar-refractivity contribution >= 4 is 56.0 Å². The largest absolute Gasteiger partial charge is 0.274 e. The van der Waals surface area contributed by atoms with Crippen LogP contribution in [0.25, 0.3) is 0 Å². The summed E-state index contributed by atoms with van der Waals surface area (Å²) in [4.78, 5) is 25.9. The van der Waals surface area contributed by atoms with Gasteiger partial charge in [-0.1, -0.05) is 13.8 Å². The first-order chi connectivity index (χ1) is 8.35. The minimum atomic E-state index is -0.146. The van der Waals surface area contributed by atoms with E-state index in [1.807, 2.05) is 26.0 Å². The van der Waals surface area contributed by atoms with Gasteiger partial charge < -0.3 is 0 Å². The molecule has 0 radical (unpaired) electrons. The number of anilines is 1. The molecule has 94 valence electrons. The van der Waals surface area contributed by atoms with Crippen LogP contribution in [-0.2, 0) is 9.59 Å². The van der Waals surface area contributed by atoms with Crippen molar-refractivity contribution in [2.24, 2.45) is 17.3 Å². The highest BCUT2D eigenvalue weighted by Crippen LogP contribution is 2.63. The second kappa shape index (κ2) is 3.79. The lowest BCUT2D eigenvalue weighted by molar-refractivity contribution is -0.125. The van der Waals surface area contributed by atoms with Crippen LogP contribution in [0.1, 0.15) is 13.8 Å². The number of amides is 2. The molecule has 0 N–H and O–H groups in total. The third-order valence-corrected chi connectivity index (χ3v) is 6.29. The zero-order chi connectivity index (χ0) is 13.2. The first kappa shape index (κ1) is 12.6. The highest BCUT2D eigenvalue weighted by molar-refractivity contribution is 14.1. The minimum Gasteiger partial charge on any atom is -0.274 e. The monoisotopic (exact) mass is 419 g/mol. The van der Waals surface area contributed by atoms with Gasteiger partial charge >= 0.3 is 0 Å². The van der Waals surface area contributed by atoms with E-state index in [0.717, 1.165) is 8.04 Å². The summed E-state index contributed by atoms with van der Waals surface area (Å²) in [6.07, 6.45) is 0. The Morgan fingerprint density at radius 2 is 1.78 bits per heavy atom. The number of imide groups is 1. The van der Waals surface area contributed by atoms with Crippen LogP contribution in [-0.4, -0.2) is 11.8 Å². The molecule has 18 heavy (non-hydrogen) atoms. The molecule has 1 aliphatic heterocycles. The van der Waals surface area contributed by atoms with Gasteiger partial charge in [0.2, 0.25) is 11.8 Å². The van der Waals surface area contributed by atoms with Gasteiger partial charge in [-0.15, -0.1) is 0 Å². The number of carbonyl (C=O) groups excluding carboxylic acids is 2. The van der Waals surface area contributed by atoms with Crippen LogP contribution >= 0.6 is 38.5 Å². The van der Waals surface area contributed by atoms with E-state index in [9.17, 15) is 9.59 Å². The van der Waals surface area contributed by atoms with Crippen LogP contribution in [0.3, 0.4) is 0 Å². The predicted molar refractivity (Wildman–Crippen MR) is 80.1 cm³/mol. The van der Waals surface area contributed by atoms with Crippen LogP contribution in [0.4, 0.5) is 5.69 Å². The number of rotatable bonds is 1. The first-order valence-corrected chi connectivity index (χ1v) is 7.55. The van der Waals surface area contributed by atoms with Crippen molar-refractivity contribution in [2.45, 2.75) is 13.8 Å². The number of benzene rings is 1. The van der Waals surface area contributed by atoms with Crippen molar-refractivity contribution in [1.29, 1.82) is 0 Å². The van der Waals surface area contributed by atoms with Crippen molar-refractivity contribution in [3.63, 3.8) is 0 Å². The maximum absolute atomic E-state index is 12.3. The zero-order valence-electron chi connectivity index (χ0n) is 9.91. The van der Waals surface area contributed by atoms with Gasteiger partial charge in [-0.3, -0.25) is 9.59 Å². The topological polar surface area (TPSA) is 37.4 Å². The summed E-state index contributed by atoms with van der Waals surface area (Å²) in [5.41, 5.74) is 0.535. The third kappa shape index (κ3) is 1.52. The fourth-order valence-corrected chi connectivity index (χ4v) is 3.57. The van der Waals surface area contributed by atoms with Gasteiger partial charge in [0.1, 0.15) is 0 Å². The van der Waals surface area contributed by atoms with Crippen molar-refractivity contribution in [1.82, 2.24) is 0 Å². The quantitative estimate of drug-likeness (QED) is 0.517. The highest BCUT2D eigenvalue weighted by atomic mass is 127. The van der Waals surface area contributed by atoms with Gasteiger partial charge in [0.05, 0.1) is 17.5 Å². The predicted octanol–water partition coefficient (Wildman–Crippen LogP) is 3.20. The fraction of sp³-hybridized carbons (Fsp3) is 0.385. The molecule has 1 aromatic rings. The van der Waals surface area contributed by atoms with Gasteiger partial charge in [0.25, 0.3) is 0 Å². The number of nitrogens with zero attached hydrogens (tertiary/aromatic N) is 1. The molecule has 1 aromatic carbocycles. The lowest BCUT2D eigenvalue weighted by Gasteiger charge is -2.20. The molecule has 1 heterocycles. The van der Waals surface area contributed by atoms with E-state index in [4.69, 9.17) is 0 Å². The summed E-state index contributed by atoms with van der Waals surface area (Å²) in [6.45, 7) is 3.97. The lowest BCUT2D eigenvalue weighted by atomic mass is 10.1. The molecule has 2 aliphatic rings. The molecule has 2 amide bonds. The smallest absolute Gasteiger partial charge is 0.238 e. The molecule has 0 bridgehead atoms. The Balaban J connectivity index is 1.98. The van der Waals surface area contributed by atoms with Crippen LogP contribution in [0.2, 0.25) is 0 Å². The number of fused-ring (bicyclic) bond motifs is 1. The second-order valence-electron chi connectivity index (χ2n) is 5.39. The maximum Gasteiger partial charge on any atom is 0.238 e. The lowest BCUT2D eigenvalue weighted by Crippen LogP contribution is -2.36. The summed E-state index contributed by atoms with van der Waals surface area (Å²) >= 11 is 5.59. The number of hydrogen-bond donors (Lipinski definition) is 0. The van der Waals surface area contributed by atoms with Gasteiger partial charge in [-0.05, 0) is 62.1 Å². The van der Waals surface area contributed by atoms with Crippen LogP contribution < -0.4 is 4.90 Å². The average molecular weight is 420 g/mol. The van der Waals surface area contributed by atoms with Crippen LogP contribution in [0.15, 0.2) is 22.7 Å². The van der Waals surface area contributed by atoms with E-state index in [-0.39, 0.29) is 29.1 Å². The molecule has 1 aliphatic carbocycles. The van der Waals surface area contributed by atoms with Crippen molar-refractivity contribution in [3.8, 4) is 0 Å². The number of hydrogen-bond acceptors (Lipinski definition) is 2. The molecule has 1 saturated carbocycles. The molecule has 3 nitrogen and oxygen atoms in total. The standard InChI is InChI=1S/C13H11BrINO2/c1-13(2)9-10(13)12(18)16(11(9)17)6-3-4-7(14)8(15)5-6/h3-5,9-10H,1-2H3. The average Bonchev–Trinajstić information content (AvgIpc) is 2.74. The fourth-order valence-electron chi connectivity index (χ4n) is 2.82. The van der Waals surface area contributed by atoms with E-state index < -0.39 is 0 Å². The van der Waals surface area contributed by atoms with Gasteiger partial charge in [0.15, 0.2) is 0 Å². The van der Waals surface area contributed by atoms with E-state index in [2.05, 4.69) is 38.5 Å². The van der Waals surface area contributed by atoms with Crippen molar-refractivity contribution < 1.29 is 9.59 Å². The minimum absolute atomic E-state index is 0.0480. The Kier molecular flexibility index (Phi) is 2.65. The molecule has 5 heteroatoms. The SMILES string of the molecule is CC1(C)C2C(=O)N(c3ccc(Br)c(I)c3)C(=O)C21. The molecule has 0 spiro atoms. The Labute approximate surface area is 127 Å². The van der Waals surface area contributed by atoms with Gasteiger partial charge in [0, 0.05) is 8.04 Å². The molecular weight excluding hydrogens is 409 g/mol. The van der Waals surface area contributed by atoms with E-state index in [1.54, 1.807) is 6.07 Å². The van der Waals surface area contributed by atoms with E-state index in [0.29, 0.717) is 5.69 Å². The second-order valence-corrected chi connectivity index (χ2v) is 7.40. The molecule has 2 atom stereocenters. The van der Waals surface area contributed by atoms with Crippen molar-refractivity contribution in [3.05, 3.63) is 26.2 Å². The van der Waals surface area contributed by atoms with Crippen LogP contribution in [0, 0.1) is 20.8 Å². The Morgan fingerprint density at radius 3 is 2.28 bits per heavy atom. The van der Waals surface area contributed by atoms with E-state index >= 15 is 0 Å². The Morgan fingerprint density at radius 1 is 1.22 bits per heavy atom. The van der Waals surface area contributed by atoms with Gasteiger partial charge in [-0.25, -0.2) is 4.90 Å². The summed E-state index contributed by atoms with van der Waals surface area (Å²) < 4.78 is 1.96. The molecule has 0 aromatic heterocycles. The number of halogens is 2. The molecule has 2 fully saturated rings. The summed E-state index contributed by atoms with van der Waals surface area (Å²) in [6, 6.07) is 5.53. The molecular formula is C13H11BrINO2. The van der Waals surface area contributed by atoms with Gasteiger partial charge in [-0.2, -0.15) is 0 Å².